The number of aryl methyl sites for hydroxylation is 1. The van der Waals surface area contributed by atoms with Crippen LogP contribution < -0.4 is 10.2 Å². The number of hydrogen-bond donors (Lipinski definition) is 1. The first kappa shape index (κ1) is 20.2. The van der Waals surface area contributed by atoms with Gasteiger partial charge in [-0.3, -0.25) is 9.59 Å². The second-order valence-electron chi connectivity index (χ2n) is 7.44. The highest BCUT2D eigenvalue weighted by Crippen LogP contribution is 2.29. The first-order valence-corrected chi connectivity index (χ1v) is 11.2. The molecule has 1 N–H and O–H groups in total. The Bertz CT molecular complexity index is 1050. The molecule has 0 saturated carbocycles. The first-order chi connectivity index (χ1) is 14.6. The number of hydrogen-bond acceptors (Lipinski definition) is 3. The molecule has 0 saturated heterocycles. The summed E-state index contributed by atoms with van der Waals surface area (Å²) in [6.07, 6.45) is 0.885. The van der Waals surface area contributed by atoms with Gasteiger partial charge in [0.05, 0.1) is 5.75 Å². The van der Waals surface area contributed by atoms with E-state index in [1.54, 1.807) is 36.0 Å². The van der Waals surface area contributed by atoms with Gasteiger partial charge in [-0.1, -0.05) is 48.0 Å². The van der Waals surface area contributed by atoms with Crippen LogP contribution in [-0.4, -0.2) is 24.1 Å². The van der Waals surface area contributed by atoms with Gasteiger partial charge in [-0.2, -0.15) is 0 Å². The van der Waals surface area contributed by atoms with Gasteiger partial charge in [0.1, 0.15) is 0 Å². The molecule has 0 aliphatic carbocycles. The summed E-state index contributed by atoms with van der Waals surface area (Å²) in [6.45, 7) is 2.77. The average Bonchev–Trinajstić information content (AvgIpc) is 3.19. The molecule has 0 atom stereocenters. The van der Waals surface area contributed by atoms with Crippen LogP contribution in [0, 0.1) is 6.92 Å². The minimum Gasteiger partial charge on any atom is -0.325 e. The van der Waals surface area contributed by atoms with E-state index >= 15 is 0 Å². The Morgan fingerprint density at radius 3 is 2.47 bits per heavy atom. The number of anilines is 2. The topological polar surface area (TPSA) is 49.4 Å². The Hall–Kier alpha value is -3.05. The summed E-state index contributed by atoms with van der Waals surface area (Å²) in [4.78, 5) is 26.9. The second-order valence-corrected chi connectivity index (χ2v) is 8.43. The summed E-state index contributed by atoms with van der Waals surface area (Å²) in [5.74, 6) is 1.14. The van der Waals surface area contributed by atoms with Crippen molar-refractivity contribution >= 4 is 35.0 Å². The van der Waals surface area contributed by atoms with Gasteiger partial charge in [0.15, 0.2) is 0 Å². The van der Waals surface area contributed by atoms with Crippen molar-refractivity contribution in [3.8, 4) is 0 Å². The van der Waals surface area contributed by atoms with Crippen LogP contribution in [0.5, 0.6) is 0 Å². The Balaban J connectivity index is 1.29. The van der Waals surface area contributed by atoms with Gasteiger partial charge < -0.3 is 10.2 Å². The zero-order valence-electron chi connectivity index (χ0n) is 16.9. The monoisotopic (exact) mass is 416 g/mol. The zero-order chi connectivity index (χ0) is 20.9. The fraction of sp³-hybridized carbons (Fsp3) is 0.200. The SMILES string of the molecule is Cc1ccc(CSCC(=O)Nc2ccc(C(=O)N3CCc4ccccc43)cc2)cc1. The number of carbonyl (C=O) groups excluding carboxylic acids is 2. The van der Waals surface area contributed by atoms with Crippen LogP contribution in [0.2, 0.25) is 0 Å². The molecule has 0 fully saturated rings. The van der Waals surface area contributed by atoms with Crippen LogP contribution in [0.25, 0.3) is 0 Å². The maximum absolute atomic E-state index is 12.9. The third-order valence-corrected chi connectivity index (χ3v) is 6.17. The van der Waals surface area contributed by atoms with E-state index in [-0.39, 0.29) is 11.8 Å². The van der Waals surface area contributed by atoms with E-state index in [2.05, 4.69) is 42.6 Å². The molecule has 2 amide bonds. The van der Waals surface area contributed by atoms with Crippen molar-refractivity contribution in [2.24, 2.45) is 0 Å². The number of rotatable bonds is 6. The van der Waals surface area contributed by atoms with Gasteiger partial charge in [-0.15, -0.1) is 11.8 Å². The average molecular weight is 417 g/mol. The molecule has 0 bridgehead atoms. The van der Waals surface area contributed by atoms with Crippen molar-refractivity contribution in [1.29, 1.82) is 0 Å². The summed E-state index contributed by atoms with van der Waals surface area (Å²) >= 11 is 1.59. The predicted octanol–water partition coefficient (Wildman–Crippen LogP) is 5.07. The molecule has 152 valence electrons. The van der Waals surface area contributed by atoms with Crippen molar-refractivity contribution in [3.05, 3.63) is 95.1 Å². The first-order valence-electron chi connectivity index (χ1n) is 10.0. The smallest absolute Gasteiger partial charge is 0.258 e. The number of fused-ring (bicyclic) bond motifs is 1. The van der Waals surface area contributed by atoms with E-state index in [1.165, 1.54) is 16.7 Å². The van der Waals surface area contributed by atoms with Gasteiger partial charge in [-0.25, -0.2) is 0 Å². The Morgan fingerprint density at radius 1 is 0.967 bits per heavy atom. The number of nitrogens with one attached hydrogen (secondary N) is 1. The maximum Gasteiger partial charge on any atom is 0.258 e. The summed E-state index contributed by atoms with van der Waals surface area (Å²) in [7, 11) is 0. The predicted molar refractivity (Wildman–Crippen MR) is 124 cm³/mol. The van der Waals surface area contributed by atoms with E-state index < -0.39 is 0 Å². The lowest BCUT2D eigenvalue weighted by Gasteiger charge is -2.17. The van der Waals surface area contributed by atoms with Crippen molar-refractivity contribution in [1.82, 2.24) is 0 Å². The third kappa shape index (κ3) is 4.74. The molecule has 4 nitrogen and oxygen atoms in total. The molecule has 30 heavy (non-hydrogen) atoms. The highest BCUT2D eigenvalue weighted by atomic mass is 32.2. The standard InChI is InChI=1S/C25H24N2O2S/c1-18-6-8-19(9-7-18)16-30-17-24(28)26-22-12-10-21(11-13-22)25(29)27-15-14-20-4-2-3-5-23(20)27/h2-13H,14-17H2,1H3,(H,26,28). The van der Waals surface area contributed by atoms with Gasteiger partial charge >= 0.3 is 0 Å². The molecule has 0 unspecified atom stereocenters. The Labute approximate surface area is 181 Å². The fourth-order valence-electron chi connectivity index (χ4n) is 3.54. The number of carbonyl (C=O) groups is 2. The molecule has 0 radical (unpaired) electrons. The molecule has 5 heteroatoms. The van der Waals surface area contributed by atoms with Crippen molar-refractivity contribution < 1.29 is 9.59 Å². The highest BCUT2D eigenvalue weighted by Gasteiger charge is 2.24. The molecule has 4 rings (SSSR count). The lowest BCUT2D eigenvalue weighted by Crippen LogP contribution is -2.28. The van der Waals surface area contributed by atoms with Crippen LogP contribution in [0.15, 0.2) is 72.8 Å². The Kier molecular flexibility index (Phi) is 6.19. The van der Waals surface area contributed by atoms with Crippen LogP contribution in [0.3, 0.4) is 0 Å². The molecule has 1 aliphatic rings. The van der Waals surface area contributed by atoms with Gasteiger partial charge in [-0.05, 0) is 54.8 Å². The quantitative estimate of drug-likeness (QED) is 0.610. The molecular formula is C25H24N2O2S. The van der Waals surface area contributed by atoms with Crippen LogP contribution in [-0.2, 0) is 17.0 Å². The van der Waals surface area contributed by atoms with E-state index in [4.69, 9.17) is 0 Å². The molecular weight excluding hydrogens is 392 g/mol. The second kappa shape index (κ2) is 9.18. The van der Waals surface area contributed by atoms with E-state index in [0.717, 1.165) is 17.9 Å². The molecule has 0 aromatic heterocycles. The van der Waals surface area contributed by atoms with Crippen LogP contribution in [0.1, 0.15) is 27.0 Å². The number of nitrogens with zero attached hydrogens (tertiary/aromatic N) is 1. The van der Waals surface area contributed by atoms with E-state index in [1.807, 2.05) is 23.1 Å². The largest absolute Gasteiger partial charge is 0.325 e. The summed E-state index contributed by atoms with van der Waals surface area (Å²) < 4.78 is 0. The molecule has 1 aliphatic heterocycles. The van der Waals surface area contributed by atoms with Crippen molar-refractivity contribution in [3.63, 3.8) is 0 Å². The highest BCUT2D eigenvalue weighted by molar-refractivity contribution is 7.99. The van der Waals surface area contributed by atoms with Crippen molar-refractivity contribution in [2.75, 3.05) is 22.5 Å². The summed E-state index contributed by atoms with van der Waals surface area (Å²) in [5.41, 5.74) is 5.97. The molecule has 3 aromatic rings. The lowest BCUT2D eigenvalue weighted by atomic mass is 10.1. The number of thioether (sulfide) groups is 1. The molecule has 3 aromatic carbocycles. The van der Waals surface area contributed by atoms with Crippen LogP contribution >= 0.6 is 11.8 Å². The van der Waals surface area contributed by atoms with Gasteiger partial charge in [0, 0.05) is 29.2 Å². The maximum atomic E-state index is 12.9. The Morgan fingerprint density at radius 2 is 1.70 bits per heavy atom. The number of para-hydroxylation sites is 1. The van der Waals surface area contributed by atoms with Gasteiger partial charge in [0.2, 0.25) is 5.91 Å². The number of amides is 2. The van der Waals surface area contributed by atoms with E-state index in [9.17, 15) is 9.59 Å². The van der Waals surface area contributed by atoms with Crippen LogP contribution in [0.4, 0.5) is 11.4 Å². The number of benzene rings is 3. The zero-order valence-corrected chi connectivity index (χ0v) is 17.7. The van der Waals surface area contributed by atoms with Gasteiger partial charge in [0.25, 0.3) is 5.91 Å². The molecule has 0 spiro atoms. The normalized spacial score (nSPS) is 12.5. The summed E-state index contributed by atoms with van der Waals surface area (Å²) in [6, 6.07) is 23.5. The van der Waals surface area contributed by atoms with Crippen molar-refractivity contribution in [2.45, 2.75) is 19.1 Å². The lowest BCUT2D eigenvalue weighted by molar-refractivity contribution is -0.113. The fourth-order valence-corrected chi connectivity index (χ4v) is 4.33. The minimum atomic E-state index is -0.0420. The molecule has 1 heterocycles. The third-order valence-electron chi connectivity index (χ3n) is 5.17. The minimum absolute atomic E-state index is 0.00789. The summed E-state index contributed by atoms with van der Waals surface area (Å²) in [5, 5.41) is 2.90. The van der Waals surface area contributed by atoms with E-state index in [0.29, 0.717) is 23.5 Å².